The molecule has 2 rings (SSSR count). The molecule has 1 N–H and O–H groups in total. The molecule has 4 heteroatoms. The minimum Gasteiger partial charge on any atom is -0.374 e. The van der Waals surface area contributed by atoms with Gasteiger partial charge in [0.05, 0.1) is 18.9 Å². The molecule has 82 valence electrons. The highest BCUT2D eigenvalue weighted by atomic mass is 16.1. The van der Waals surface area contributed by atoms with Gasteiger partial charge in [-0.1, -0.05) is 0 Å². The van der Waals surface area contributed by atoms with E-state index in [4.69, 9.17) is 5.26 Å². The fourth-order valence-electron chi connectivity index (χ4n) is 1.80. The van der Waals surface area contributed by atoms with Crippen molar-refractivity contribution in [1.29, 1.82) is 5.26 Å². The summed E-state index contributed by atoms with van der Waals surface area (Å²) in [6.45, 7) is 0.705. The summed E-state index contributed by atoms with van der Waals surface area (Å²) in [7, 11) is 1.95. The van der Waals surface area contributed by atoms with Gasteiger partial charge >= 0.3 is 0 Å². The van der Waals surface area contributed by atoms with Crippen LogP contribution in [0.2, 0.25) is 0 Å². The molecule has 0 atom stereocenters. The number of hydrogen-bond acceptors (Lipinski definition) is 3. The summed E-state index contributed by atoms with van der Waals surface area (Å²) < 4.78 is 0. The summed E-state index contributed by atoms with van der Waals surface area (Å²) in [5.74, 6) is 0.0480. The van der Waals surface area contributed by atoms with Crippen LogP contribution in [0.1, 0.15) is 12.0 Å². The minimum atomic E-state index is 0.0480. The summed E-state index contributed by atoms with van der Waals surface area (Å²) in [6, 6.07) is 8.00. The van der Waals surface area contributed by atoms with Gasteiger partial charge in [-0.15, -0.1) is 0 Å². The number of nitrogens with one attached hydrogen (secondary N) is 1. The van der Waals surface area contributed by atoms with Gasteiger partial charge in [0.2, 0.25) is 5.91 Å². The number of amides is 1. The molecule has 0 bridgehead atoms. The molecule has 1 aromatic carbocycles. The summed E-state index contributed by atoms with van der Waals surface area (Å²) in [5, 5.41) is 11.3. The Kier molecular flexibility index (Phi) is 2.78. The van der Waals surface area contributed by atoms with Gasteiger partial charge in [-0.2, -0.15) is 5.26 Å². The Bertz CT molecular complexity index is 462. The van der Waals surface area contributed by atoms with E-state index in [2.05, 4.69) is 11.4 Å². The number of fused-ring (bicyclic) bond motifs is 1. The normalized spacial score (nSPS) is 12.9. The molecule has 0 radical (unpaired) electrons. The smallest absolute Gasteiger partial charge is 0.228 e. The quantitative estimate of drug-likeness (QED) is 0.831. The lowest BCUT2D eigenvalue weighted by atomic mass is 10.1. The number of rotatable bonds is 3. The molecule has 1 aliphatic heterocycles. The van der Waals surface area contributed by atoms with Gasteiger partial charge in [0, 0.05) is 25.0 Å². The van der Waals surface area contributed by atoms with E-state index in [0.29, 0.717) is 19.4 Å². The van der Waals surface area contributed by atoms with E-state index in [1.807, 2.05) is 30.1 Å². The van der Waals surface area contributed by atoms with E-state index >= 15 is 0 Å². The van der Waals surface area contributed by atoms with Crippen LogP contribution in [0.4, 0.5) is 11.4 Å². The van der Waals surface area contributed by atoms with E-state index in [9.17, 15) is 4.79 Å². The summed E-state index contributed by atoms with van der Waals surface area (Å²) in [5.41, 5.74) is 2.99. The second kappa shape index (κ2) is 4.23. The molecule has 1 amide bonds. The number of carbonyl (C=O) groups excluding carboxylic acids is 1. The second-order valence-corrected chi connectivity index (χ2v) is 3.90. The number of anilines is 2. The van der Waals surface area contributed by atoms with Crippen LogP contribution < -0.4 is 10.2 Å². The van der Waals surface area contributed by atoms with Gasteiger partial charge in [-0.05, 0) is 23.8 Å². The Hall–Kier alpha value is -2.02. The van der Waals surface area contributed by atoms with Gasteiger partial charge in [-0.3, -0.25) is 4.79 Å². The number of nitriles is 1. The Morgan fingerprint density at radius 3 is 3.12 bits per heavy atom. The lowest BCUT2D eigenvalue weighted by Crippen LogP contribution is -2.17. The lowest BCUT2D eigenvalue weighted by molar-refractivity contribution is -0.115. The molecular formula is C12H13N3O. The molecule has 0 saturated carbocycles. The van der Waals surface area contributed by atoms with Crippen LogP contribution in [0.5, 0.6) is 0 Å². The molecule has 16 heavy (non-hydrogen) atoms. The van der Waals surface area contributed by atoms with Crippen molar-refractivity contribution in [3.8, 4) is 6.07 Å². The maximum atomic E-state index is 11.2. The van der Waals surface area contributed by atoms with Gasteiger partial charge in [-0.25, -0.2) is 0 Å². The van der Waals surface area contributed by atoms with Gasteiger partial charge < -0.3 is 10.2 Å². The van der Waals surface area contributed by atoms with Crippen molar-refractivity contribution in [2.75, 3.05) is 23.8 Å². The predicted octanol–water partition coefficient (Wildman–Crippen LogP) is 1.53. The second-order valence-electron chi connectivity index (χ2n) is 3.90. The predicted molar refractivity (Wildman–Crippen MR) is 62.3 cm³/mol. The Labute approximate surface area is 94.5 Å². The van der Waals surface area contributed by atoms with Crippen LogP contribution in [-0.2, 0) is 11.2 Å². The first-order valence-electron chi connectivity index (χ1n) is 5.21. The van der Waals surface area contributed by atoms with Gasteiger partial charge in [0.25, 0.3) is 0 Å². The summed E-state index contributed by atoms with van der Waals surface area (Å²) >= 11 is 0. The van der Waals surface area contributed by atoms with E-state index in [-0.39, 0.29) is 5.91 Å². The lowest BCUT2D eigenvalue weighted by Gasteiger charge is -2.18. The number of hydrogen-bond donors (Lipinski definition) is 1. The van der Waals surface area contributed by atoms with Crippen LogP contribution in [0.15, 0.2) is 18.2 Å². The molecular weight excluding hydrogens is 202 g/mol. The van der Waals surface area contributed by atoms with Crippen molar-refractivity contribution in [3.63, 3.8) is 0 Å². The highest BCUT2D eigenvalue weighted by Gasteiger charge is 2.17. The van der Waals surface area contributed by atoms with Crippen LogP contribution in [0.25, 0.3) is 0 Å². The van der Waals surface area contributed by atoms with E-state index < -0.39 is 0 Å². The molecule has 0 spiro atoms. The van der Waals surface area contributed by atoms with E-state index in [0.717, 1.165) is 16.9 Å². The van der Waals surface area contributed by atoms with Crippen LogP contribution in [0, 0.1) is 11.3 Å². The molecule has 0 aromatic heterocycles. The Morgan fingerprint density at radius 2 is 2.38 bits per heavy atom. The highest BCUT2D eigenvalue weighted by Crippen LogP contribution is 2.27. The minimum absolute atomic E-state index is 0.0480. The van der Waals surface area contributed by atoms with Gasteiger partial charge in [0.15, 0.2) is 0 Å². The topological polar surface area (TPSA) is 56.1 Å². The third kappa shape index (κ3) is 1.98. The maximum absolute atomic E-state index is 11.2. The monoisotopic (exact) mass is 215 g/mol. The summed E-state index contributed by atoms with van der Waals surface area (Å²) in [4.78, 5) is 13.2. The van der Waals surface area contributed by atoms with Crippen molar-refractivity contribution in [3.05, 3.63) is 23.8 Å². The Balaban J connectivity index is 2.16. The number of nitrogens with zero attached hydrogens (tertiary/aromatic N) is 2. The molecule has 4 nitrogen and oxygen atoms in total. The number of carbonyl (C=O) groups is 1. The van der Waals surface area contributed by atoms with Crippen molar-refractivity contribution < 1.29 is 4.79 Å². The standard InChI is InChI=1S/C12H13N3O/c1-15(6-2-5-13)10-3-4-11-9(7-10)8-12(16)14-11/h3-4,7H,2,6,8H2,1H3,(H,14,16). The molecule has 0 saturated heterocycles. The van der Waals surface area contributed by atoms with Crippen LogP contribution >= 0.6 is 0 Å². The third-order valence-electron chi connectivity index (χ3n) is 2.71. The van der Waals surface area contributed by atoms with E-state index in [1.54, 1.807) is 0 Å². The van der Waals surface area contributed by atoms with Crippen molar-refractivity contribution >= 4 is 17.3 Å². The molecule has 1 heterocycles. The van der Waals surface area contributed by atoms with Crippen LogP contribution in [0.3, 0.4) is 0 Å². The first kappa shape index (κ1) is 10.5. The summed E-state index contributed by atoms with van der Waals surface area (Å²) in [6.07, 6.45) is 0.958. The molecule has 0 unspecified atom stereocenters. The first-order valence-corrected chi connectivity index (χ1v) is 5.21. The molecule has 0 aliphatic carbocycles. The fraction of sp³-hybridized carbons (Fsp3) is 0.333. The van der Waals surface area contributed by atoms with Crippen molar-refractivity contribution in [1.82, 2.24) is 0 Å². The van der Waals surface area contributed by atoms with Crippen molar-refractivity contribution in [2.24, 2.45) is 0 Å². The molecule has 1 aliphatic rings. The average molecular weight is 215 g/mol. The first-order chi connectivity index (χ1) is 7.70. The zero-order valence-electron chi connectivity index (χ0n) is 9.16. The highest BCUT2D eigenvalue weighted by molar-refractivity contribution is 5.99. The average Bonchev–Trinajstić information content (AvgIpc) is 2.64. The maximum Gasteiger partial charge on any atom is 0.228 e. The van der Waals surface area contributed by atoms with Gasteiger partial charge in [0.1, 0.15) is 0 Å². The molecule has 0 fully saturated rings. The fourth-order valence-corrected chi connectivity index (χ4v) is 1.80. The molecule has 1 aromatic rings. The Morgan fingerprint density at radius 1 is 1.56 bits per heavy atom. The third-order valence-corrected chi connectivity index (χ3v) is 2.71. The zero-order valence-corrected chi connectivity index (χ0v) is 9.16. The van der Waals surface area contributed by atoms with E-state index in [1.165, 1.54) is 0 Å². The van der Waals surface area contributed by atoms with Crippen molar-refractivity contribution in [2.45, 2.75) is 12.8 Å². The SMILES string of the molecule is CN(CCC#N)c1ccc2c(c1)CC(=O)N2. The zero-order chi connectivity index (χ0) is 11.5. The number of benzene rings is 1. The largest absolute Gasteiger partial charge is 0.374 e. The van der Waals surface area contributed by atoms with Crippen LogP contribution in [-0.4, -0.2) is 19.5 Å².